The number of carbonyl (C=O) groups excluding carboxylic acids is 1. The number of rotatable bonds is 5. The molecule has 0 saturated carbocycles. The van der Waals surface area contributed by atoms with Gasteiger partial charge in [-0.15, -0.1) is 0 Å². The summed E-state index contributed by atoms with van der Waals surface area (Å²) in [5.41, 5.74) is 2.01. The van der Waals surface area contributed by atoms with Gasteiger partial charge >= 0.3 is 0 Å². The monoisotopic (exact) mass is 331 g/mol. The fraction of sp³-hybridized carbons (Fsp3) is 0.294. The first kappa shape index (κ1) is 15.9. The first-order valence-electron chi connectivity index (χ1n) is 7.38. The fourth-order valence-corrected chi connectivity index (χ4v) is 2.83. The van der Waals surface area contributed by atoms with Gasteiger partial charge in [0.2, 0.25) is 0 Å². The van der Waals surface area contributed by atoms with Crippen molar-refractivity contribution < 1.29 is 9.53 Å². The topological polar surface area (TPSA) is 63.2 Å². The highest BCUT2D eigenvalue weighted by atomic mass is 35.5. The first-order chi connectivity index (χ1) is 11.1. The number of nitrogens with one attached hydrogen (secondary N) is 2. The second kappa shape index (κ2) is 6.66. The Morgan fingerprint density at radius 1 is 1.43 bits per heavy atom. The Morgan fingerprint density at radius 3 is 2.83 bits per heavy atom. The lowest BCUT2D eigenvalue weighted by Crippen LogP contribution is -2.61. The number of aromatic nitrogens is 1. The summed E-state index contributed by atoms with van der Waals surface area (Å²) in [5.74, 6) is -0.232. The molecule has 0 bridgehead atoms. The molecule has 23 heavy (non-hydrogen) atoms. The zero-order valence-electron chi connectivity index (χ0n) is 12.8. The molecule has 6 heteroatoms. The summed E-state index contributed by atoms with van der Waals surface area (Å²) in [6.45, 7) is 1.67. The molecule has 2 N–H and O–H groups in total. The number of methoxy groups -OCH3 is 1. The third-order valence-electron chi connectivity index (χ3n) is 4.06. The van der Waals surface area contributed by atoms with Crippen LogP contribution in [0.15, 0.2) is 42.7 Å². The van der Waals surface area contributed by atoms with Gasteiger partial charge in [-0.1, -0.05) is 17.7 Å². The predicted octanol–water partition coefficient (Wildman–Crippen LogP) is 2.52. The highest BCUT2D eigenvalue weighted by Gasteiger charge is 2.36. The molecule has 0 radical (unpaired) electrons. The average molecular weight is 332 g/mol. The van der Waals surface area contributed by atoms with Crippen LogP contribution >= 0.6 is 11.6 Å². The Kier molecular flexibility index (Phi) is 4.61. The van der Waals surface area contributed by atoms with E-state index in [2.05, 4.69) is 15.6 Å². The lowest BCUT2D eigenvalue weighted by molar-refractivity contribution is -0.0502. The molecule has 0 spiro atoms. The van der Waals surface area contributed by atoms with Gasteiger partial charge in [0.25, 0.3) is 5.91 Å². The Hall–Kier alpha value is -1.95. The van der Waals surface area contributed by atoms with Crippen molar-refractivity contribution in [1.82, 2.24) is 10.3 Å². The predicted molar refractivity (Wildman–Crippen MR) is 90.0 cm³/mol. The number of carbonyl (C=O) groups is 1. The van der Waals surface area contributed by atoms with Crippen molar-refractivity contribution in [2.24, 2.45) is 0 Å². The van der Waals surface area contributed by atoms with Crippen LogP contribution in [0.4, 0.5) is 5.69 Å². The highest BCUT2D eigenvalue weighted by molar-refractivity contribution is 6.34. The molecule has 0 unspecified atom stereocenters. The summed E-state index contributed by atoms with van der Waals surface area (Å²) in [6.07, 6.45) is 3.93. The van der Waals surface area contributed by atoms with Gasteiger partial charge in [0.15, 0.2) is 0 Å². The maximum absolute atomic E-state index is 12.1. The minimum Gasteiger partial charge on any atom is -0.375 e. The van der Waals surface area contributed by atoms with Crippen LogP contribution < -0.4 is 10.6 Å². The quantitative estimate of drug-likeness (QED) is 0.883. The minimum absolute atomic E-state index is 0.149. The molecule has 0 aliphatic carbocycles. The van der Waals surface area contributed by atoms with Crippen molar-refractivity contribution in [3.8, 4) is 0 Å². The summed E-state index contributed by atoms with van der Waals surface area (Å²) < 4.78 is 5.59. The number of halogens is 1. The molecule has 5 nitrogen and oxygen atoms in total. The molecular weight excluding hydrogens is 314 g/mol. The number of benzene rings is 1. The number of amides is 1. The Labute approximate surface area is 140 Å². The molecule has 1 aromatic heterocycles. The van der Waals surface area contributed by atoms with Gasteiger partial charge in [0.05, 0.1) is 21.9 Å². The van der Waals surface area contributed by atoms with E-state index in [1.165, 1.54) is 6.20 Å². The van der Waals surface area contributed by atoms with Crippen molar-refractivity contribution in [1.29, 1.82) is 0 Å². The molecule has 120 valence electrons. The van der Waals surface area contributed by atoms with Crippen molar-refractivity contribution in [3.05, 3.63) is 58.9 Å². The Bertz CT molecular complexity index is 697. The first-order valence-corrected chi connectivity index (χ1v) is 7.75. The number of hydrogen-bond donors (Lipinski definition) is 2. The van der Waals surface area contributed by atoms with Crippen molar-refractivity contribution in [3.63, 3.8) is 0 Å². The van der Waals surface area contributed by atoms with Crippen LogP contribution in [0.3, 0.4) is 0 Å². The summed E-state index contributed by atoms with van der Waals surface area (Å²) in [7, 11) is 1.73. The zero-order valence-corrected chi connectivity index (χ0v) is 13.6. The molecule has 2 aromatic rings. The number of hydrogen-bond acceptors (Lipinski definition) is 4. The van der Waals surface area contributed by atoms with Gasteiger partial charge in [0.1, 0.15) is 0 Å². The maximum atomic E-state index is 12.1. The van der Waals surface area contributed by atoms with E-state index in [0.29, 0.717) is 16.3 Å². The van der Waals surface area contributed by atoms with E-state index in [1.807, 2.05) is 18.2 Å². The lowest BCUT2D eigenvalue weighted by Gasteiger charge is -2.41. The number of anilines is 1. The van der Waals surface area contributed by atoms with Crippen LogP contribution in [0.2, 0.25) is 5.02 Å². The molecule has 1 saturated heterocycles. The van der Waals surface area contributed by atoms with Crippen LogP contribution in [-0.4, -0.2) is 36.7 Å². The smallest absolute Gasteiger partial charge is 0.257 e. The lowest BCUT2D eigenvalue weighted by atomic mass is 9.89. The molecule has 1 aliphatic rings. The fourth-order valence-electron chi connectivity index (χ4n) is 2.58. The molecule has 0 atom stereocenters. The summed E-state index contributed by atoms with van der Waals surface area (Å²) in [5, 5.41) is 6.54. The standard InChI is InChI=1S/C17H18ClN3O2/c1-23-17(10-20-11-17)8-12-4-5-15(14(18)7-12)21-16(22)13-3-2-6-19-9-13/h2-7,9,20H,8,10-11H2,1H3,(H,21,22). The number of pyridine rings is 1. The second-order valence-corrected chi connectivity index (χ2v) is 6.08. The van der Waals surface area contributed by atoms with Gasteiger partial charge in [-0.3, -0.25) is 9.78 Å². The van der Waals surface area contributed by atoms with Crippen LogP contribution in [0.5, 0.6) is 0 Å². The molecule has 1 aliphatic heterocycles. The Morgan fingerprint density at radius 2 is 2.26 bits per heavy atom. The highest BCUT2D eigenvalue weighted by Crippen LogP contribution is 2.28. The van der Waals surface area contributed by atoms with E-state index in [4.69, 9.17) is 16.3 Å². The molecule has 1 fully saturated rings. The number of ether oxygens (including phenoxy) is 1. The zero-order chi connectivity index (χ0) is 16.3. The van der Waals surface area contributed by atoms with Crippen molar-refractivity contribution in [2.45, 2.75) is 12.0 Å². The number of nitrogens with zero attached hydrogens (tertiary/aromatic N) is 1. The largest absolute Gasteiger partial charge is 0.375 e. The SMILES string of the molecule is COC1(Cc2ccc(NC(=O)c3cccnc3)c(Cl)c2)CNC1. The van der Waals surface area contributed by atoms with Crippen LogP contribution in [0.25, 0.3) is 0 Å². The minimum atomic E-state index is -0.232. The van der Waals surface area contributed by atoms with Crippen LogP contribution in [0, 0.1) is 0 Å². The molecule has 2 heterocycles. The molecule has 3 rings (SSSR count). The van der Waals surface area contributed by atoms with Crippen LogP contribution in [0.1, 0.15) is 15.9 Å². The second-order valence-electron chi connectivity index (χ2n) is 5.68. The molecule has 1 amide bonds. The van der Waals surface area contributed by atoms with E-state index in [1.54, 1.807) is 25.4 Å². The van der Waals surface area contributed by atoms with Crippen LogP contribution in [-0.2, 0) is 11.2 Å². The molecular formula is C17H18ClN3O2. The average Bonchev–Trinajstić information content (AvgIpc) is 2.54. The third kappa shape index (κ3) is 3.52. The van der Waals surface area contributed by atoms with E-state index < -0.39 is 0 Å². The van der Waals surface area contributed by atoms with Gasteiger partial charge in [0, 0.05) is 39.0 Å². The van der Waals surface area contributed by atoms with E-state index >= 15 is 0 Å². The normalized spacial score (nSPS) is 15.7. The summed E-state index contributed by atoms with van der Waals surface area (Å²) >= 11 is 6.31. The van der Waals surface area contributed by atoms with Gasteiger partial charge < -0.3 is 15.4 Å². The molecule has 1 aromatic carbocycles. The Balaban J connectivity index is 1.71. The van der Waals surface area contributed by atoms with Gasteiger partial charge in [-0.2, -0.15) is 0 Å². The van der Waals surface area contributed by atoms with Gasteiger partial charge in [-0.05, 0) is 29.8 Å². The summed E-state index contributed by atoms with van der Waals surface area (Å²) in [4.78, 5) is 16.1. The van der Waals surface area contributed by atoms with Crippen molar-refractivity contribution in [2.75, 3.05) is 25.5 Å². The van der Waals surface area contributed by atoms with Crippen molar-refractivity contribution >= 4 is 23.2 Å². The van der Waals surface area contributed by atoms with E-state index in [-0.39, 0.29) is 11.5 Å². The van der Waals surface area contributed by atoms with E-state index in [9.17, 15) is 4.79 Å². The maximum Gasteiger partial charge on any atom is 0.257 e. The van der Waals surface area contributed by atoms with Gasteiger partial charge in [-0.25, -0.2) is 0 Å². The van der Waals surface area contributed by atoms with E-state index in [0.717, 1.165) is 25.1 Å². The third-order valence-corrected chi connectivity index (χ3v) is 4.37. The summed E-state index contributed by atoms with van der Waals surface area (Å²) in [6, 6.07) is 9.08.